The second kappa shape index (κ2) is 7.02. The lowest BCUT2D eigenvalue weighted by molar-refractivity contribution is -0.142. The Balaban J connectivity index is 2.35. The molecule has 0 saturated carbocycles. The maximum absolute atomic E-state index is 12.8. The highest BCUT2D eigenvalue weighted by atomic mass is 32.2. The van der Waals surface area contributed by atoms with E-state index in [1.165, 1.54) is 12.1 Å². The standard InChI is InChI=1S/C15H22N2O6S2/c1-11(2)12-4-6-13(7-5-12)25(22,23)17-9-8-16(24(3,20)21)10-14(17)15(18)19/h4-7,11,14H,8-10H2,1-3H3,(H,18,19). The van der Waals surface area contributed by atoms with Crippen molar-refractivity contribution in [2.24, 2.45) is 0 Å². The van der Waals surface area contributed by atoms with Gasteiger partial charge < -0.3 is 5.11 Å². The molecule has 1 aliphatic heterocycles. The Kier molecular flexibility index (Phi) is 5.57. The summed E-state index contributed by atoms with van der Waals surface area (Å²) >= 11 is 0. The topological polar surface area (TPSA) is 112 Å². The van der Waals surface area contributed by atoms with Crippen LogP contribution in [0.2, 0.25) is 0 Å². The summed E-state index contributed by atoms with van der Waals surface area (Å²) in [4.78, 5) is 11.5. The molecule has 10 heteroatoms. The van der Waals surface area contributed by atoms with E-state index in [0.717, 1.165) is 20.4 Å². The predicted molar refractivity (Wildman–Crippen MR) is 92.3 cm³/mol. The van der Waals surface area contributed by atoms with Gasteiger partial charge in [-0.2, -0.15) is 8.61 Å². The first-order chi connectivity index (χ1) is 11.4. The minimum atomic E-state index is -4.04. The second-order valence-electron chi connectivity index (χ2n) is 6.31. The van der Waals surface area contributed by atoms with Gasteiger partial charge in [0.2, 0.25) is 20.0 Å². The number of hydrogen-bond donors (Lipinski definition) is 1. The molecule has 1 saturated heterocycles. The summed E-state index contributed by atoms with van der Waals surface area (Å²) < 4.78 is 50.8. The van der Waals surface area contributed by atoms with Crippen molar-refractivity contribution >= 4 is 26.0 Å². The van der Waals surface area contributed by atoms with Gasteiger partial charge in [-0.25, -0.2) is 16.8 Å². The van der Waals surface area contributed by atoms with Gasteiger partial charge in [0.05, 0.1) is 11.2 Å². The Hall–Kier alpha value is -1.49. The van der Waals surface area contributed by atoms with E-state index in [9.17, 15) is 26.7 Å². The lowest BCUT2D eigenvalue weighted by atomic mass is 10.0. The van der Waals surface area contributed by atoms with E-state index in [0.29, 0.717) is 0 Å². The summed E-state index contributed by atoms with van der Waals surface area (Å²) in [5, 5.41) is 9.39. The third kappa shape index (κ3) is 4.20. The number of aliphatic carboxylic acids is 1. The molecule has 1 fully saturated rings. The number of rotatable bonds is 5. The van der Waals surface area contributed by atoms with E-state index in [2.05, 4.69) is 0 Å². The summed E-state index contributed by atoms with van der Waals surface area (Å²) in [5.74, 6) is -1.14. The Bertz CT molecular complexity index is 847. The molecule has 1 aromatic rings. The van der Waals surface area contributed by atoms with Gasteiger partial charge in [-0.05, 0) is 23.6 Å². The third-order valence-corrected chi connectivity index (χ3v) is 7.39. The Labute approximate surface area is 148 Å². The Morgan fingerprint density at radius 1 is 1.12 bits per heavy atom. The number of benzene rings is 1. The molecule has 25 heavy (non-hydrogen) atoms. The number of sulfonamides is 2. The van der Waals surface area contributed by atoms with Crippen LogP contribution in [0.3, 0.4) is 0 Å². The van der Waals surface area contributed by atoms with Crippen LogP contribution in [0, 0.1) is 0 Å². The molecule has 8 nitrogen and oxygen atoms in total. The van der Waals surface area contributed by atoms with Crippen LogP contribution >= 0.6 is 0 Å². The van der Waals surface area contributed by atoms with Crippen molar-refractivity contribution < 1.29 is 26.7 Å². The van der Waals surface area contributed by atoms with Crippen LogP contribution in [-0.4, -0.2) is 68.5 Å². The van der Waals surface area contributed by atoms with Crippen molar-refractivity contribution in [3.8, 4) is 0 Å². The van der Waals surface area contributed by atoms with E-state index in [-0.39, 0.29) is 23.9 Å². The second-order valence-corrected chi connectivity index (χ2v) is 10.2. The molecule has 0 radical (unpaired) electrons. The first-order valence-electron chi connectivity index (χ1n) is 7.74. The van der Waals surface area contributed by atoms with Gasteiger partial charge in [-0.15, -0.1) is 0 Å². The molecular weight excluding hydrogens is 368 g/mol. The predicted octanol–water partition coefficient (Wildman–Crippen LogP) is 0.529. The average Bonchev–Trinajstić information content (AvgIpc) is 2.53. The van der Waals surface area contributed by atoms with Gasteiger partial charge in [0, 0.05) is 19.6 Å². The molecule has 1 N–H and O–H groups in total. The highest BCUT2D eigenvalue weighted by Gasteiger charge is 2.42. The molecular formula is C15H22N2O6S2. The average molecular weight is 390 g/mol. The van der Waals surface area contributed by atoms with E-state index >= 15 is 0 Å². The highest BCUT2D eigenvalue weighted by Crippen LogP contribution is 2.24. The van der Waals surface area contributed by atoms with E-state index in [4.69, 9.17) is 0 Å². The van der Waals surface area contributed by atoms with Gasteiger partial charge in [0.25, 0.3) is 0 Å². The SMILES string of the molecule is CC(C)c1ccc(S(=O)(=O)N2CCN(S(C)(=O)=O)CC2C(=O)O)cc1. The van der Waals surface area contributed by atoms with Crippen molar-refractivity contribution in [2.45, 2.75) is 30.7 Å². The lowest BCUT2D eigenvalue weighted by Gasteiger charge is -2.37. The molecule has 0 amide bonds. The molecule has 1 unspecified atom stereocenters. The van der Waals surface area contributed by atoms with Gasteiger partial charge in [0.1, 0.15) is 6.04 Å². The van der Waals surface area contributed by atoms with Crippen LogP contribution in [-0.2, 0) is 24.8 Å². The monoisotopic (exact) mass is 390 g/mol. The van der Waals surface area contributed by atoms with Crippen LogP contribution in [0.5, 0.6) is 0 Å². The summed E-state index contributed by atoms with van der Waals surface area (Å²) in [6.07, 6.45) is 0.973. The molecule has 140 valence electrons. The molecule has 2 rings (SSSR count). The van der Waals surface area contributed by atoms with Gasteiger partial charge in [-0.3, -0.25) is 4.79 Å². The number of hydrogen-bond acceptors (Lipinski definition) is 5. The molecule has 1 heterocycles. The zero-order valence-electron chi connectivity index (χ0n) is 14.3. The first kappa shape index (κ1) is 19.8. The first-order valence-corrected chi connectivity index (χ1v) is 11.0. The highest BCUT2D eigenvalue weighted by molar-refractivity contribution is 7.89. The normalized spacial score (nSPS) is 20.7. The Morgan fingerprint density at radius 3 is 2.12 bits per heavy atom. The van der Waals surface area contributed by atoms with Gasteiger partial charge >= 0.3 is 5.97 Å². The fraction of sp³-hybridized carbons (Fsp3) is 0.533. The quantitative estimate of drug-likeness (QED) is 0.785. The van der Waals surface area contributed by atoms with Crippen LogP contribution in [0.1, 0.15) is 25.3 Å². The van der Waals surface area contributed by atoms with Crippen LogP contribution in [0.25, 0.3) is 0 Å². The summed E-state index contributed by atoms with van der Waals surface area (Å²) in [7, 11) is -7.63. The van der Waals surface area contributed by atoms with E-state index in [1.54, 1.807) is 12.1 Å². The molecule has 1 atom stereocenters. The minimum Gasteiger partial charge on any atom is -0.480 e. The number of carboxylic acid groups (broad SMARTS) is 1. The van der Waals surface area contributed by atoms with Crippen molar-refractivity contribution in [3.63, 3.8) is 0 Å². The largest absolute Gasteiger partial charge is 0.480 e. The number of nitrogens with zero attached hydrogens (tertiary/aromatic N) is 2. The fourth-order valence-electron chi connectivity index (χ4n) is 2.69. The van der Waals surface area contributed by atoms with Crippen molar-refractivity contribution in [2.75, 3.05) is 25.9 Å². The summed E-state index contributed by atoms with van der Waals surface area (Å²) in [5.41, 5.74) is 0.968. The number of piperazine rings is 1. The molecule has 1 aliphatic rings. The molecule has 1 aromatic carbocycles. The van der Waals surface area contributed by atoms with Crippen molar-refractivity contribution in [1.29, 1.82) is 0 Å². The summed E-state index contributed by atoms with van der Waals surface area (Å²) in [6.45, 7) is 3.27. The molecule has 0 spiro atoms. The molecule has 0 aliphatic carbocycles. The smallest absolute Gasteiger partial charge is 0.323 e. The fourth-order valence-corrected chi connectivity index (χ4v) is 5.08. The third-order valence-electron chi connectivity index (χ3n) is 4.20. The minimum absolute atomic E-state index is 0.00374. The molecule has 0 bridgehead atoms. The van der Waals surface area contributed by atoms with Crippen LogP contribution < -0.4 is 0 Å². The van der Waals surface area contributed by atoms with E-state index < -0.39 is 38.6 Å². The number of carboxylic acids is 1. The maximum atomic E-state index is 12.8. The van der Waals surface area contributed by atoms with Gasteiger partial charge in [-0.1, -0.05) is 26.0 Å². The Morgan fingerprint density at radius 2 is 1.68 bits per heavy atom. The summed E-state index contributed by atoms with van der Waals surface area (Å²) in [6, 6.07) is 4.83. The number of carbonyl (C=O) groups is 1. The molecule has 0 aromatic heterocycles. The van der Waals surface area contributed by atoms with Crippen molar-refractivity contribution in [1.82, 2.24) is 8.61 Å². The van der Waals surface area contributed by atoms with Gasteiger partial charge in [0.15, 0.2) is 0 Å². The lowest BCUT2D eigenvalue weighted by Crippen LogP contribution is -2.59. The van der Waals surface area contributed by atoms with Crippen molar-refractivity contribution in [3.05, 3.63) is 29.8 Å². The zero-order chi connectivity index (χ0) is 19.0. The zero-order valence-corrected chi connectivity index (χ0v) is 15.9. The van der Waals surface area contributed by atoms with Crippen LogP contribution in [0.15, 0.2) is 29.2 Å². The van der Waals surface area contributed by atoms with E-state index in [1.807, 2.05) is 13.8 Å². The van der Waals surface area contributed by atoms with Crippen LogP contribution in [0.4, 0.5) is 0 Å². The maximum Gasteiger partial charge on any atom is 0.323 e.